The zero-order valence-electron chi connectivity index (χ0n) is 17.7. The van der Waals surface area contributed by atoms with E-state index in [1.807, 2.05) is 6.07 Å². The number of hydrogen-bond donors (Lipinski definition) is 0. The van der Waals surface area contributed by atoms with Crippen LogP contribution in [0.15, 0.2) is 36.9 Å². The van der Waals surface area contributed by atoms with Crippen molar-refractivity contribution in [2.45, 2.75) is 32.7 Å². The normalized spacial score (nSPS) is 14.6. The fourth-order valence-electron chi connectivity index (χ4n) is 3.78. The first-order valence-corrected chi connectivity index (χ1v) is 11.2. The van der Waals surface area contributed by atoms with Crippen LogP contribution in [-0.4, -0.2) is 52.1 Å². The summed E-state index contributed by atoms with van der Waals surface area (Å²) in [6, 6.07) is 6.22. The van der Waals surface area contributed by atoms with Crippen LogP contribution in [0.4, 0.5) is 9.93 Å². The van der Waals surface area contributed by atoms with Gasteiger partial charge in [-0.3, -0.25) is 9.69 Å². The molecule has 1 aliphatic rings. The number of methoxy groups -OCH3 is 1. The zero-order valence-corrected chi connectivity index (χ0v) is 18.5. The average Bonchev–Trinajstić information content (AvgIpc) is 3.25. The molecule has 9 heteroatoms. The van der Waals surface area contributed by atoms with Gasteiger partial charge in [-0.05, 0) is 37.0 Å². The van der Waals surface area contributed by atoms with E-state index in [4.69, 9.17) is 9.72 Å². The second-order valence-corrected chi connectivity index (χ2v) is 8.56. The first-order valence-electron chi connectivity index (χ1n) is 10.4. The third kappa shape index (κ3) is 4.66. The molecule has 1 aromatic carbocycles. The third-order valence-electron chi connectivity index (χ3n) is 5.58. The lowest BCUT2D eigenvalue weighted by Gasteiger charge is -2.32. The van der Waals surface area contributed by atoms with Gasteiger partial charge in [0.1, 0.15) is 6.33 Å². The van der Waals surface area contributed by atoms with E-state index in [1.165, 1.54) is 30.3 Å². The Balaban J connectivity index is 1.60. The molecule has 0 bridgehead atoms. The van der Waals surface area contributed by atoms with Crippen molar-refractivity contribution in [3.05, 3.63) is 48.0 Å². The van der Waals surface area contributed by atoms with Crippen molar-refractivity contribution >= 4 is 38.7 Å². The SMILES string of the molecule is CCc1ccc2nc(N(Cc3cncnc3)C(=O)C3CCN(C(=O)OC)CC3)sc2c1. The molecule has 0 aliphatic carbocycles. The van der Waals surface area contributed by atoms with Crippen LogP contribution in [0.25, 0.3) is 10.2 Å². The number of ether oxygens (including phenoxy) is 1. The van der Waals surface area contributed by atoms with Crippen molar-refractivity contribution in [1.29, 1.82) is 0 Å². The number of nitrogens with zero attached hydrogens (tertiary/aromatic N) is 5. The lowest BCUT2D eigenvalue weighted by Crippen LogP contribution is -2.44. The Hall–Kier alpha value is -3.07. The number of carbonyl (C=O) groups excluding carboxylic acids is 2. The molecule has 0 N–H and O–H groups in total. The summed E-state index contributed by atoms with van der Waals surface area (Å²) in [7, 11) is 1.38. The summed E-state index contributed by atoms with van der Waals surface area (Å²) in [5, 5.41) is 0.674. The van der Waals surface area contributed by atoms with E-state index in [9.17, 15) is 9.59 Å². The number of aryl methyl sites for hydroxylation is 1. The Kier molecular flexibility index (Phi) is 6.41. The molecule has 2 aromatic heterocycles. The first-order chi connectivity index (χ1) is 15.1. The highest BCUT2D eigenvalue weighted by Gasteiger charge is 2.32. The molecule has 0 saturated carbocycles. The molecule has 0 unspecified atom stereocenters. The molecule has 8 nitrogen and oxygen atoms in total. The van der Waals surface area contributed by atoms with Gasteiger partial charge < -0.3 is 9.64 Å². The Morgan fingerprint density at radius 2 is 1.94 bits per heavy atom. The second-order valence-electron chi connectivity index (χ2n) is 7.55. The Morgan fingerprint density at radius 1 is 1.19 bits per heavy atom. The van der Waals surface area contributed by atoms with E-state index in [0.717, 1.165) is 22.2 Å². The maximum Gasteiger partial charge on any atom is 0.409 e. The molecule has 3 heterocycles. The molecule has 0 spiro atoms. The predicted molar refractivity (Wildman–Crippen MR) is 119 cm³/mol. The van der Waals surface area contributed by atoms with E-state index in [-0.39, 0.29) is 17.9 Å². The van der Waals surface area contributed by atoms with E-state index >= 15 is 0 Å². The number of piperidine rings is 1. The number of aromatic nitrogens is 3. The highest BCUT2D eigenvalue weighted by Crippen LogP contribution is 2.33. The van der Waals surface area contributed by atoms with Gasteiger partial charge in [0.05, 0.1) is 23.9 Å². The van der Waals surface area contributed by atoms with Crippen molar-refractivity contribution in [2.24, 2.45) is 5.92 Å². The number of amides is 2. The number of rotatable bonds is 5. The summed E-state index contributed by atoms with van der Waals surface area (Å²) < 4.78 is 5.87. The molecule has 1 fully saturated rings. The third-order valence-corrected chi connectivity index (χ3v) is 6.62. The highest BCUT2D eigenvalue weighted by molar-refractivity contribution is 7.22. The number of thiazole rings is 1. The predicted octanol–water partition coefficient (Wildman–Crippen LogP) is 3.66. The zero-order chi connectivity index (χ0) is 21.8. The quantitative estimate of drug-likeness (QED) is 0.603. The molecule has 0 radical (unpaired) electrons. The number of hydrogen-bond acceptors (Lipinski definition) is 7. The van der Waals surface area contributed by atoms with E-state index < -0.39 is 0 Å². The summed E-state index contributed by atoms with van der Waals surface area (Å²) in [6.07, 6.45) is 6.71. The first kappa shape index (κ1) is 21.2. The lowest BCUT2D eigenvalue weighted by atomic mass is 9.95. The molecule has 3 aromatic rings. The lowest BCUT2D eigenvalue weighted by molar-refractivity contribution is -0.123. The maximum atomic E-state index is 13.6. The summed E-state index contributed by atoms with van der Waals surface area (Å²) in [4.78, 5) is 41.7. The van der Waals surface area contributed by atoms with Crippen LogP contribution in [-0.2, 0) is 22.5 Å². The van der Waals surface area contributed by atoms with Crippen LogP contribution in [0, 0.1) is 5.92 Å². The Morgan fingerprint density at radius 3 is 2.61 bits per heavy atom. The maximum absolute atomic E-state index is 13.6. The molecule has 2 amide bonds. The molecule has 1 aliphatic heterocycles. The molecule has 31 heavy (non-hydrogen) atoms. The van der Waals surface area contributed by atoms with Crippen LogP contribution in [0.5, 0.6) is 0 Å². The summed E-state index contributed by atoms with van der Waals surface area (Å²) in [6.45, 7) is 3.49. The van der Waals surface area contributed by atoms with Crippen LogP contribution < -0.4 is 4.90 Å². The molecule has 1 saturated heterocycles. The molecular weight excluding hydrogens is 414 g/mol. The van der Waals surface area contributed by atoms with Gasteiger partial charge in [0.15, 0.2) is 5.13 Å². The van der Waals surface area contributed by atoms with Crippen molar-refractivity contribution in [1.82, 2.24) is 19.9 Å². The van der Waals surface area contributed by atoms with E-state index in [0.29, 0.717) is 37.6 Å². The van der Waals surface area contributed by atoms with Crippen LogP contribution in [0.3, 0.4) is 0 Å². The average molecular weight is 440 g/mol. The summed E-state index contributed by atoms with van der Waals surface area (Å²) >= 11 is 1.52. The minimum atomic E-state index is -0.345. The minimum absolute atomic E-state index is 0.0168. The fraction of sp³-hybridized carbons (Fsp3) is 0.409. The fourth-order valence-corrected chi connectivity index (χ4v) is 4.82. The topological polar surface area (TPSA) is 88.5 Å². The number of anilines is 1. The van der Waals surface area contributed by atoms with Gasteiger partial charge in [-0.2, -0.15) is 0 Å². The van der Waals surface area contributed by atoms with Gasteiger partial charge in [-0.25, -0.2) is 19.7 Å². The highest BCUT2D eigenvalue weighted by atomic mass is 32.1. The monoisotopic (exact) mass is 439 g/mol. The van der Waals surface area contributed by atoms with Crippen molar-refractivity contribution in [3.8, 4) is 0 Å². The Bertz CT molecular complexity index is 1060. The number of benzene rings is 1. The molecule has 0 atom stereocenters. The summed E-state index contributed by atoms with van der Waals surface area (Å²) in [5.74, 6) is -0.160. The Labute approximate surface area is 184 Å². The van der Waals surface area contributed by atoms with E-state index in [1.54, 1.807) is 22.2 Å². The van der Waals surface area contributed by atoms with Gasteiger partial charge in [0, 0.05) is 37.0 Å². The van der Waals surface area contributed by atoms with Crippen molar-refractivity contribution in [3.63, 3.8) is 0 Å². The van der Waals surface area contributed by atoms with Gasteiger partial charge in [0.25, 0.3) is 0 Å². The van der Waals surface area contributed by atoms with Gasteiger partial charge in [-0.15, -0.1) is 0 Å². The van der Waals surface area contributed by atoms with Crippen molar-refractivity contribution < 1.29 is 14.3 Å². The van der Waals surface area contributed by atoms with Gasteiger partial charge in [-0.1, -0.05) is 24.3 Å². The molecule has 4 rings (SSSR count). The van der Waals surface area contributed by atoms with Crippen LogP contribution >= 0.6 is 11.3 Å². The van der Waals surface area contributed by atoms with Crippen LogP contribution in [0.2, 0.25) is 0 Å². The number of fused-ring (bicyclic) bond motifs is 1. The largest absolute Gasteiger partial charge is 0.453 e. The standard InChI is InChI=1S/C22H25N5O3S/c1-3-15-4-5-18-19(10-15)31-21(25-18)27(13-16-11-23-14-24-12-16)20(28)17-6-8-26(9-7-17)22(29)30-2/h4-5,10-12,14,17H,3,6-9,13H2,1-2H3. The number of carbonyl (C=O) groups is 2. The second kappa shape index (κ2) is 9.38. The van der Waals surface area contributed by atoms with Crippen molar-refractivity contribution in [2.75, 3.05) is 25.1 Å². The minimum Gasteiger partial charge on any atom is -0.453 e. The smallest absolute Gasteiger partial charge is 0.409 e. The molecular formula is C22H25N5O3S. The van der Waals surface area contributed by atoms with Gasteiger partial charge in [0.2, 0.25) is 5.91 Å². The summed E-state index contributed by atoms with van der Waals surface area (Å²) in [5.41, 5.74) is 2.98. The number of likely N-dealkylation sites (tertiary alicyclic amines) is 1. The van der Waals surface area contributed by atoms with Gasteiger partial charge >= 0.3 is 6.09 Å². The van der Waals surface area contributed by atoms with E-state index in [2.05, 4.69) is 29.0 Å². The van der Waals surface area contributed by atoms with Crippen LogP contribution in [0.1, 0.15) is 30.9 Å². The molecule has 162 valence electrons.